The number of rotatable bonds is 3. The molecule has 9 heteroatoms. The van der Waals surface area contributed by atoms with Gasteiger partial charge in [-0.05, 0) is 62.2 Å². The van der Waals surface area contributed by atoms with E-state index in [1.165, 1.54) is 6.07 Å². The Labute approximate surface area is 146 Å². The maximum Gasteiger partial charge on any atom is 0.264 e. The van der Waals surface area contributed by atoms with E-state index in [1.54, 1.807) is 12.1 Å². The van der Waals surface area contributed by atoms with Crippen LogP contribution in [0.1, 0.15) is 0 Å². The molecule has 0 saturated heterocycles. The molecule has 0 aliphatic carbocycles. The maximum atomic E-state index is 13.8. The van der Waals surface area contributed by atoms with Crippen molar-refractivity contribution in [3.63, 3.8) is 0 Å². The van der Waals surface area contributed by atoms with Crippen LogP contribution in [0.2, 0.25) is 0 Å². The minimum absolute atomic E-state index is 0.150. The Morgan fingerprint density at radius 2 is 1.62 bits per heavy atom. The third kappa shape index (κ3) is 3.77. The van der Waals surface area contributed by atoms with Crippen LogP contribution in [0.3, 0.4) is 0 Å². The van der Waals surface area contributed by atoms with Crippen LogP contribution >= 0.6 is 47.8 Å². The number of anilines is 2. The van der Waals surface area contributed by atoms with E-state index in [-0.39, 0.29) is 11.4 Å². The van der Waals surface area contributed by atoms with Crippen LogP contribution in [0.4, 0.5) is 15.8 Å². The molecule has 112 valence electrons. The van der Waals surface area contributed by atoms with Crippen molar-refractivity contribution < 1.29 is 12.8 Å². The van der Waals surface area contributed by atoms with Crippen molar-refractivity contribution in [3.8, 4) is 0 Å². The highest BCUT2D eigenvalue weighted by Crippen LogP contribution is 2.36. The van der Waals surface area contributed by atoms with Crippen LogP contribution < -0.4 is 10.5 Å². The van der Waals surface area contributed by atoms with Gasteiger partial charge in [-0.25, -0.2) is 12.8 Å². The van der Waals surface area contributed by atoms with Gasteiger partial charge in [-0.2, -0.15) is 0 Å². The van der Waals surface area contributed by atoms with Gasteiger partial charge in [0.25, 0.3) is 10.0 Å². The second-order valence-corrected chi connectivity index (χ2v) is 8.31. The molecule has 3 N–H and O–H groups in total. The van der Waals surface area contributed by atoms with E-state index >= 15 is 0 Å². The zero-order chi connectivity index (χ0) is 15.8. The second kappa shape index (κ2) is 6.23. The Hall–Kier alpha value is -0.640. The molecule has 0 aliphatic heterocycles. The predicted molar refractivity (Wildman–Crippen MR) is 91.2 cm³/mol. The number of hydrogen-bond donors (Lipinski definition) is 2. The number of halogens is 4. The zero-order valence-electron chi connectivity index (χ0n) is 10.2. The Morgan fingerprint density at radius 1 is 1.05 bits per heavy atom. The first-order valence-electron chi connectivity index (χ1n) is 5.43. The first-order chi connectivity index (χ1) is 9.70. The molecule has 0 spiro atoms. The minimum Gasteiger partial charge on any atom is -0.399 e. The number of benzene rings is 2. The molecule has 0 bridgehead atoms. The number of hydrogen-bond acceptors (Lipinski definition) is 3. The SMILES string of the molecule is Nc1ccc(S(=O)(=O)Nc2c(Br)cc(Br)cc2Br)c(F)c1. The lowest BCUT2D eigenvalue weighted by atomic mass is 10.3. The number of nitrogens with two attached hydrogens (primary N) is 1. The molecular weight excluding hydrogens is 495 g/mol. The molecular formula is C12H8Br3FN2O2S. The predicted octanol–water partition coefficient (Wildman–Crippen LogP) is 4.50. The Balaban J connectivity index is 2.47. The summed E-state index contributed by atoms with van der Waals surface area (Å²) in [6.45, 7) is 0. The van der Waals surface area contributed by atoms with E-state index in [2.05, 4.69) is 52.5 Å². The normalized spacial score (nSPS) is 11.4. The van der Waals surface area contributed by atoms with Crippen molar-refractivity contribution in [2.24, 2.45) is 0 Å². The van der Waals surface area contributed by atoms with Crippen molar-refractivity contribution in [3.05, 3.63) is 49.6 Å². The maximum absolute atomic E-state index is 13.8. The first-order valence-corrected chi connectivity index (χ1v) is 9.29. The molecule has 2 rings (SSSR count). The van der Waals surface area contributed by atoms with Crippen molar-refractivity contribution >= 4 is 69.2 Å². The molecule has 0 aromatic heterocycles. The molecule has 0 unspecified atom stereocenters. The molecule has 0 amide bonds. The lowest BCUT2D eigenvalue weighted by Gasteiger charge is -2.13. The molecule has 2 aromatic carbocycles. The van der Waals surface area contributed by atoms with E-state index in [0.717, 1.165) is 16.6 Å². The Kier molecular flexibility index (Phi) is 4.96. The summed E-state index contributed by atoms with van der Waals surface area (Å²) in [6.07, 6.45) is 0. The lowest BCUT2D eigenvalue weighted by Crippen LogP contribution is -2.15. The third-order valence-corrected chi connectivity index (χ3v) is 5.58. The van der Waals surface area contributed by atoms with Crippen LogP contribution in [-0.4, -0.2) is 8.42 Å². The summed E-state index contributed by atoms with van der Waals surface area (Å²) in [6, 6.07) is 6.74. The number of nitrogens with one attached hydrogen (secondary N) is 1. The van der Waals surface area contributed by atoms with Gasteiger partial charge in [-0.15, -0.1) is 0 Å². The second-order valence-electron chi connectivity index (χ2n) is 4.04. The summed E-state index contributed by atoms with van der Waals surface area (Å²) >= 11 is 9.79. The molecule has 4 nitrogen and oxygen atoms in total. The fourth-order valence-electron chi connectivity index (χ4n) is 1.56. The average molecular weight is 503 g/mol. The zero-order valence-corrected chi connectivity index (χ0v) is 15.8. The lowest BCUT2D eigenvalue weighted by molar-refractivity contribution is 0.571. The average Bonchev–Trinajstić information content (AvgIpc) is 2.33. The van der Waals surface area contributed by atoms with E-state index in [1.807, 2.05) is 0 Å². The quantitative estimate of drug-likeness (QED) is 0.607. The van der Waals surface area contributed by atoms with Crippen LogP contribution in [0.15, 0.2) is 48.6 Å². The van der Waals surface area contributed by atoms with Crippen LogP contribution in [0.5, 0.6) is 0 Å². The van der Waals surface area contributed by atoms with Crippen LogP contribution in [-0.2, 0) is 10.0 Å². The highest BCUT2D eigenvalue weighted by molar-refractivity contribution is 9.11. The van der Waals surface area contributed by atoms with Crippen LogP contribution in [0.25, 0.3) is 0 Å². The Bertz CT molecular complexity index is 789. The summed E-state index contributed by atoms with van der Waals surface area (Å²) in [7, 11) is -4.07. The molecule has 0 radical (unpaired) electrons. The molecule has 0 heterocycles. The number of sulfonamides is 1. The topological polar surface area (TPSA) is 72.2 Å². The summed E-state index contributed by atoms with van der Waals surface area (Å²) in [5.74, 6) is -0.910. The van der Waals surface area contributed by atoms with E-state index in [4.69, 9.17) is 5.73 Å². The van der Waals surface area contributed by atoms with Gasteiger partial charge in [0.05, 0.1) is 5.69 Å². The summed E-state index contributed by atoms with van der Waals surface area (Å²) in [5, 5.41) is 0. The first kappa shape index (κ1) is 16.7. The summed E-state index contributed by atoms with van der Waals surface area (Å²) < 4.78 is 42.4. The Morgan fingerprint density at radius 3 is 2.14 bits per heavy atom. The molecule has 0 saturated carbocycles. The van der Waals surface area contributed by atoms with E-state index < -0.39 is 20.7 Å². The molecule has 2 aromatic rings. The molecule has 0 aliphatic rings. The minimum atomic E-state index is -4.07. The largest absolute Gasteiger partial charge is 0.399 e. The van der Waals surface area contributed by atoms with Crippen molar-refractivity contribution in [1.82, 2.24) is 0 Å². The smallest absolute Gasteiger partial charge is 0.264 e. The van der Waals surface area contributed by atoms with E-state index in [9.17, 15) is 12.8 Å². The van der Waals surface area contributed by atoms with Crippen molar-refractivity contribution in [2.75, 3.05) is 10.5 Å². The van der Waals surface area contributed by atoms with Gasteiger partial charge in [0, 0.05) is 19.1 Å². The van der Waals surface area contributed by atoms with Gasteiger partial charge < -0.3 is 5.73 Å². The third-order valence-electron chi connectivity index (χ3n) is 2.49. The van der Waals surface area contributed by atoms with Gasteiger partial charge in [-0.1, -0.05) is 15.9 Å². The standard InChI is InChI=1S/C12H8Br3FN2O2S/c13-6-3-8(14)12(9(15)4-6)18-21(19,20)11-2-1-7(17)5-10(11)16/h1-5,18H,17H2. The van der Waals surface area contributed by atoms with E-state index in [0.29, 0.717) is 8.95 Å². The fourth-order valence-corrected chi connectivity index (χ4v) is 5.44. The summed E-state index contributed by atoms with van der Waals surface area (Å²) in [5.41, 5.74) is 5.84. The van der Waals surface area contributed by atoms with Gasteiger partial charge in [0.15, 0.2) is 0 Å². The van der Waals surface area contributed by atoms with Crippen molar-refractivity contribution in [1.29, 1.82) is 0 Å². The highest BCUT2D eigenvalue weighted by atomic mass is 79.9. The fraction of sp³-hybridized carbons (Fsp3) is 0. The summed E-state index contributed by atoms with van der Waals surface area (Å²) in [4.78, 5) is -0.474. The molecule has 21 heavy (non-hydrogen) atoms. The van der Waals surface area contributed by atoms with Gasteiger partial charge >= 0.3 is 0 Å². The number of nitrogen functional groups attached to an aromatic ring is 1. The van der Waals surface area contributed by atoms with Gasteiger partial charge in [0.1, 0.15) is 10.7 Å². The van der Waals surface area contributed by atoms with Gasteiger partial charge in [-0.3, -0.25) is 4.72 Å². The van der Waals surface area contributed by atoms with Crippen molar-refractivity contribution in [2.45, 2.75) is 4.90 Å². The van der Waals surface area contributed by atoms with Crippen LogP contribution in [0, 0.1) is 5.82 Å². The highest BCUT2D eigenvalue weighted by Gasteiger charge is 2.21. The van der Waals surface area contributed by atoms with Gasteiger partial charge in [0.2, 0.25) is 0 Å². The monoisotopic (exact) mass is 500 g/mol. The molecule has 0 fully saturated rings. The molecule has 0 atom stereocenters.